The van der Waals surface area contributed by atoms with Crippen LogP contribution in [0, 0.1) is 0 Å². The fraction of sp³-hybridized carbons (Fsp3) is 0.267. The van der Waals surface area contributed by atoms with Crippen molar-refractivity contribution >= 4 is 0 Å². The third-order valence-corrected chi connectivity index (χ3v) is 2.95. The Morgan fingerprint density at radius 1 is 1.20 bits per heavy atom. The molecule has 0 saturated heterocycles. The number of nitrogens with zero attached hydrogens (tertiary/aromatic N) is 1. The molecule has 0 atom stereocenters. The van der Waals surface area contributed by atoms with Crippen LogP contribution in [0.4, 0.5) is 0 Å². The van der Waals surface area contributed by atoms with Gasteiger partial charge in [0.2, 0.25) is 0 Å². The molecule has 2 N–H and O–H groups in total. The second-order valence-corrected chi connectivity index (χ2v) is 4.27. The largest absolute Gasteiger partial charge is 0.493 e. The molecule has 2 aromatic rings. The molecule has 0 radical (unpaired) electrons. The minimum atomic E-state index is -0.0402. The first-order valence-electron chi connectivity index (χ1n) is 6.40. The van der Waals surface area contributed by atoms with Gasteiger partial charge >= 0.3 is 0 Å². The number of ether oxygens (including phenoxy) is 2. The molecule has 0 saturated carbocycles. The van der Waals surface area contributed by atoms with E-state index in [1.165, 1.54) is 6.07 Å². The van der Waals surface area contributed by atoms with Crippen molar-refractivity contribution in [2.45, 2.75) is 13.1 Å². The van der Waals surface area contributed by atoms with E-state index in [2.05, 4.69) is 0 Å². The smallest absolute Gasteiger partial charge is 0.250 e. The third kappa shape index (κ3) is 3.39. The van der Waals surface area contributed by atoms with E-state index in [0.717, 1.165) is 5.56 Å². The first kappa shape index (κ1) is 14.1. The Morgan fingerprint density at radius 2 is 2.05 bits per heavy atom. The van der Waals surface area contributed by atoms with Crippen LogP contribution in [0.1, 0.15) is 5.56 Å². The first-order valence-corrected chi connectivity index (χ1v) is 6.40. The third-order valence-electron chi connectivity index (χ3n) is 2.95. The molecule has 1 aromatic heterocycles. The molecular weight excluding hydrogens is 256 g/mol. The highest BCUT2D eigenvalue weighted by Gasteiger charge is 2.05. The predicted molar refractivity (Wildman–Crippen MR) is 77.1 cm³/mol. The van der Waals surface area contributed by atoms with Crippen LogP contribution in [-0.4, -0.2) is 18.3 Å². The quantitative estimate of drug-likeness (QED) is 0.864. The van der Waals surface area contributed by atoms with Crippen molar-refractivity contribution < 1.29 is 9.47 Å². The van der Waals surface area contributed by atoms with E-state index < -0.39 is 0 Å². The minimum absolute atomic E-state index is 0.0402. The zero-order valence-corrected chi connectivity index (χ0v) is 11.4. The van der Waals surface area contributed by atoms with Gasteiger partial charge in [0.15, 0.2) is 11.5 Å². The SMILES string of the molecule is COc1cc(CN)ccc1OCCn1ccccc1=O. The highest BCUT2D eigenvalue weighted by Crippen LogP contribution is 2.27. The molecule has 1 aromatic carbocycles. The van der Waals surface area contributed by atoms with Gasteiger partial charge in [-0.1, -0.05) is 12.1 Å². The lowest BCUT2D eigenvalue weighted by Crippen LogP contribution is -2.21. The number of methoxy groups -OCH3 is 1. The minimum Gasteiger partial charge on any atom is -0.493 e. The number of aromatic nitrogens is 1. The van der Waals surface area contributed by atoms with E-state index in [-0.39, 0.29) is 5.56 Å². The Hall–Kier alpha value is -2.27. The number of rotatable bonds is 6. The first-order chi connectivity index (χ1) is 9.74. The van der Waals surface area contributed by atoms with Crippen LogP contribution in [0.5, 0.6) is 11.5 Å². The van der Waals surface area contributed by atoms with Gasteiger partial charge in [0.05, 0.1) is 13.7 Å². The molecule has 0 spiro atoms. The lowest BCUT2D eigenvalue weighted by atomic mass is 10.2. The zero-order valence-electron chi connectivity index (χ0n) is 11.4. The van der Waals surface area contributed by atoms with E-state index in [4.69, 9.17) is 15.2 Å². The molecule has 20 heavy (non-hydrogen) atoms. The van der Waals surface area contributed by atoms with Crippen LogP contribution < -0.4 is 20.8 Å². The van der Waals surface area contributed by atoms with E-state index >= 15 is 0 Å². The Kier molecular flexibility index (Phi) is 4.79. The number of hydrogen-bond donors (Lipinski definition) is 1. The zero-order chi connectivity index (χ0) is 14.4. The summed E-state index contributed by atoms with van der Waals surface area (Å²) in [5.41, 5.74) is 6.52. The molecule has 0 aliphatic rings. The highest BCUT2D eigenvalue weighted by molar-refractivity contribution is 5.42. The fourth-order valence-electron chi connectivity index (χ4n) is 1.86. The monoisotopic (exact) mass is 274 g/mol. The Bertz CT molecular complexity index is 623. The molecular formula is C15H18N2O3. The summed E-state index contributed by atoms with van der Waals surface area (Å²) in [6.45, 7) is 1.33. The summed E-state index contributed by atoms with van der Waals surface area (Å²) in [6, 6.07) is 10.6. The Morgan fingerprint density at radius 3 is 2.75 bits per heavy atom. The van der Waals surface area contributed by atoms with Gasteiger partial charge in [-0.2, -0.15) is 0 Å². The maximum absolute atomic E-state index is 11.5. The lowest BCUT2D eigenvalue weighted by molar-refractivity contribution is 0.278. The fourth-order valence-corrected chi connectivity index (χ4v) is 1.86. The molecule has 0 bridgehead atoms. The summed E-state index contributed by atoms with van der Waals surface area (Å²) in [4.78, 5) is 11.5. The van der Waals surface area contributed by atoms with Crippen molar-refractivity contribution in [3.8, 4) is 11.5 Å². The molecule has 2 rings (SSSR count). The summed E-state index contributed by atoms with van der Waals surface area (Å²) < 4.78 is 12.5. The normalized spacial score (nSPS) is 10.3. The number of hydrogen-bond acceptors (Lipinski definition) is 4. The van der Waals surface area contributed by atoms with Gasteiger partial charge < -0.3 is 19.8 Å². The Labute approximate surface area is 117 Å². The van der Waals surface area contributed by atoms with Crippen LogP contribution >= 0.6 is 0 Å². The van der Waals surface area contributed by atoms with Gasteiger partial charge in [0, 0.05) is 18.8 Å². The van der Waals surface area contributed by atoms with E-state index in [1.54, 1.807) is 23.9 Å². The summed E-state index contributed by atoms with van der Waals surface area (Å²) >= 11 is 0. The maximum atomic E-state index is 11.5. The lowest BCUT2D eigenvalue weighted by Gasteiger charge is -2.12. The summed E-state index contributed by atoms with van der Waals surface area (Å²) in [7, 11) is 1.59. The van der Waals surface area contributed by atoms with Gasteiger partial charge in [-0.3, -0.25) is 4.79 Å². The molecule has 1 heterocycles. The van der Waals surface area contributed by atoms with Crippen LogP contribution in [0.15, 0.2) is 47.4 Å². The van der Waals surface area contributed by atoms with Crippen molar-refractivity contribution in [2.75, 3.05) is 13.7 Å². The molecule has 5 heteroatoms. The standard InChI is InChI=1S/C15H18N2O3/c1-19-14-10-12(11-16)5-6-13(14)20-9-8-17-7-3-2-4-15(17)18/h2-7,10H,8-9,11,16H2,1H3. The van der Waals surface area contributed by atoms with Gasteiger partial charge in [0.25, 0.3) is 5.56 Å². The van der Waals surface area contributed by atoms with Gasteiger partial charge in [-0.05, 0) is 23.8 Å². The van der Waals surface area contributed by atoms with Gasteiger partial charge in [-0.25, -0.2) is 0 Å². The van der Waals surface area contributed by atoms with E-state index in [1.807, 2.05) is 24.3 Å². The van der Waals surface area contributed by atoms with Crippen molar-refractivity contribution in [3.05, 3.63) is 58.5 Å². The molecule has 0 amide bonds. The average Bonchev–Trinajstić information content (AvgIpc) is 2.49. The van der Waals surface area contributed by atoms with Crippen LogP contribution in [0.3, 0.4) is 0 Å². The van der Waals surface area contributed by atoms with Crippen LogP contribution in [0.25, 0.3) is 0 Å². The molecule has 5 nitrogen and oxygen atoms in total. The topological polar surface area (TPSA) is 66.5 Å². The molecule has 0 aliphatic heterocycles. The summed E-state index contributed by atoms with van der Waals surface area (Å²) in [5.74, 6) is 1.29. The molecule has 0 fully saturated rings. The average molecular weight is 274 g/mol. The predicted octanol–water partition coefficient (Wildman–Crippen LogP) is 1.39. The second-order valence-electron chi connectivity index (χ2n) is 4.27. The summed E-state index contributed by atoms with van der Waals surface area (Å²) in [6.07, 6.45) is 1.74. The molecule has 106 valence electrons. The molecule has 0 aliphatic carbocycles. The van der Waals surface area contributed by atoms with E-state index in [9.17, 15) is 4.79 Å². The number of benzene rings is 1. The van der Waals surface area contributed by atoms with Crippen molar-refractivity contribution in [3.63, 3.8) is 0 Å². The Balaban J connectivity index is 2.01. The highest BCUT2D eigenvalue weighted by atomic mass is 16.5. The maximum Gasteiger partial charge on any atom is 0.250 e. The van der Waals surface area contributed by atoms with E-state index in [0.29, 0.717) is 31.2 Å². The van der Waals surface area contributed by atoms with Crippen molar-refractivity contribution in [2.24, 2.45) is 5.73 Å². The van der Waals surface area contributed by atoms with Crippen LogP contribution in [-0.2, 0) is 13.1 Å². The van der Waals surface area contributed by atoms with Crippen molar-refractivity contribution in [1.82, 2.24) is 4.57 Å². The van der Waals surface area contributed by atoms with Crippen LogP contribution in [0.2, 0.25) is 0 Å². The van der Waals surface area contributed by atoms with Gasteiger partial charge in [0.1, 0.15) is 6.61 Å². The second kappa shape index (κ2) is 6.77. The van der Waals surface area contributed by atoms with Crippen molar-refractivity contribution in [1.29, 1.82) is 0 Å². The van der Waals surface area contributed by atoms with Gasteiger partial charge in [-0.15, -0.1) is 0 Å². The number of nitrogens with two attached hydrogens (primary N) is 1. The molecule has 0 unspecified atom stereocenters. The number of pyridine rings is 1. The summed E-state index contributed by atoms with van der Waals surface area (Å²) in [5, 5.41) is 0.